The van der Waals surface area contributed by atoms with E-state index in [2.05, 4.69) is 5.32 Å². The number of hydrogen-bond donors (Lipinski definition) is 1. The molecule has 5 nitrogen and oxygen atoms in total. The van der Waals surface area contributed by atoms with Crippen LogP contribution >= 0.6 is 11.6 Å². The lowest BCUT2D eigenvalue weighted by Gasteiger charge is -2.30. The summed E-state index contributed by atoms with van der Waals surface area (Å²) in [6.07, 6.45) is 0.517. The quantitative estimate of drug-likeness (QED) is 0.830. The van der Waals surface area contributed by atoms with Gasteiger partial charge < -0.3 is 5.32 Å². The van der Waals surface area contributed by atoms with Crippen LogP contribution in [0.25, 0.3) is 0 Å². The molecule has 144 valence electrons. The van der Waals surface area contributed by atoms with E-state index in [0.717, 1.165) is 12.1 Å². The van der Waals surface area contributed by atoms with Gasteiger partial charge in [0.1, 0.15) is 17.3 Å². The predicted molar refractivity (Wildman–Crippen MR) is 97.9 cm³/mol. The van der Waals surface area contributed by atoms with Crippen molar-refractivity contribution in [3.63, 3.8) is 0 Å². The fraction of sp³-hybridized carbons (Fsp3) is 0.278. The fourth-order valence-corrected chi connectivity index (χ4v) is 4.55. The van der Waals surface area contributed by atoms with Gasteiger partial charge in [-0.3, -0.25) is 4.79 Å². The van der Waals surface area contributed by atoms with Crippen molar-refractivity contribution in [1.82, 2.24) is 4.31 Å². The molecule has 1 aliphatic rings. The van der Waals surface area contributed by atoms with Gasteiger partial charge in [0.2, 0.25) is 15.9 Å². The van der Waals surface area contributed by atoms with E-state index in [0.29, 0.717) is 5.02 Å². The van der Waals surface area contributed by atoms with Gasteiger partial charge in [-0.1, -0.05) is 17.7 Å². The number of benzene rings is 2. The Morgan fingerprint density at radius 3 is 2.15 bits per heavy atom. The number of carbonyl (C=O) groups is 1. The number of piperidine rings is 1. The van der Waals surface area contributed by atoms with Crippen LogP contribution in [0.15, 0.2) is 47.4 Å². The van der Waals surface area contributed by atoms with Crippen LogP contribution in [0, 0.1) is 17.6 Å². The zero-order valence-electron chi connectivity index (χ0n) is 14.2. The Hall–Kier alpha value is -2.03. The third-order valence-corrected chi connectivity index (χ3v) is 6.65. The van der Waals surface area contributed by atoms with Gasteiger partial charge in [0.05, 0.1) is 4.90 Å². The Morgan fingerprint density at radius 1 is 1.04 bits per heavy atom. The summed E-state index contributed by atoms with van der Waals surface area (Å²) in [6, 6.07) is 9.17. The minimum absolute atomic E-state index is 0.128. The standard InChI is InChI=1S/C18H17ClF2N2O3S/c19-13-4-6-14(7-5-13)27(25,26)23-10-8-12(9-11-23)18(24)22-17-15(20)2-1-3-16(17)21/h1-7,12H,8-11H2,(H,22,24). The van der Waals surface area contributed by atoms with Crippen LogP contribution in [0.2, 0.25) is 5.02 Å². The van der Waals surface area contributed by atoms with Gasteiger partial charge in [-0.2, -0.15) is 4.31 Å². The number of carbonyl (C=O) groups excluding carboxylic acids is 1. The highest BCUT2D eigenvalue weighted by atomic mass is 35.5. The molecular weight excluding hydrogens is 398 g/mol. The normalized spacial score (nSPS) is 16.3. The fourth-order valence-electron chi connectivity index (χ4n) is 2.96. The molecule has 9 heteroatoms. The number of anilines is 1. The molecule has 27 heavy (non-hydrogen) atoms. The van der Waals surface area contributed by atoms with Gasteiger partial charge in [-0.05, 0) is 49.2 Å². The summed E-state index contributed by atoms with van der Waals surface area (Å²) in [4.78, 5) is 12.4. The maximum absolute atomic E-state index is 13.7. The minimum Gasteiger partial charge on any atom is -0.321 e. The summed E-state index contributed by atoms with van der Waals surface area (Å²) >= 11 is 5.78. The second-order valence-electron chi connectivity index (χ2n) is 6.22. The first-order valence-corrected chi connectivity index (χ1v) is 10.1. The largest absolute Gasteiger partial charge is 0.321 e. The number of halogens is 3. The summed E-state index contributed by atoms with van der Waals surface area (Å²) in [5.41, 5.74) is -0.487. The summed E-state index contributed by atoms with van der Waals surface area (Å²) in [6.45, 7) is 0.283. The highest BCUT2D eigenvalue weighted by Crippen LogP contribution is 2.26. The number of amides is 1. The van der Waals surface area contributed by atoms with Crippen LogP contribution in [-0.4, -0.2) is 31.7 Å². The van der Waals surface area contributed by atoms with Gasteiger partial charge in [0.15, 0.2) is 0 Å². The highest BCUT2D eigenvalue weighted by Gasteiger charge is 2.32. The van der Waals surface area contributed by atoms with Crippen molar-refractivity contribution < 1.29 is 22.0 Å². The van der Waals surface area contributed by atoms with Crippen molar-refractivity contribution in [1.29, 1.82) is 0 Å². The predicted octanol–water partition coefficient (Wildman–Crippen LogP) is 3.66. The molecule has 2 aromatic rings. The van der Waals surface area contributed by atoms with Crippen molar-refractivity contribution in [3.05, 3.63) is 59.1 Å². The third kappa shape index (κ3) is 4.28. The molecule has 1 saturated heterocycles. The van der Waals surface area contributed by atoms with Crippen LogP contribution in [0.3, 0.4) is 0 Å². The molecule has 0 atom stereocenters. The first-order valence-electron chi connectivity index (χ1n) is 8.29. The summed E-state index contributed by atoms with van der Waals surface area (Å²) in [5, 5.41) is 2.70. The van der Waals surface area contributed by atoms with Crippen molar-refractivity contribution >= 4 is 33.2 Å². The number of nitrogens with zero attached hydrogens (tertiary/aromatic N) is 1. The van der Waals surface area contributed by atoms with E-state index in [1.165, 1.54) is 34.6 Å². The first-order chi connectivity index (χ1) is 12.8. The Kier molecular flexibility index (Phi) is 5.78. The van der Waals surface area contributed by atoms with E-state index in [9.17, 15) is 22.0 Å². The Labute approximate surface area is 161 Å². The second-order valence-corrected chi connectivity index (χ2v) is 8.59. The Morgan fingerprint density at radius 2 is 1.59 bits per heavy atom. The summed E-state index contributed by atoms with van der Waals surface area (Å²) < 4.78 is 53.9. The number of nitrogens with one attached hydrogen (secondary N) is 1. The smallest absolute Gasteiger partial charge is 0.243 e. The van der Waals surface area contributed by atoms with E-state index in [-0.39, 0.29) is 30.8 Å². The average Bonchev–Trinajstić information content (AvgIpc) is 2.65. The highest BCUT2D eigenvalue weighted by molar-refractivity contribution is 7.89. The molecule has 0 spiro atoms. The van der Waals surface area contributed by atoms with Gasteiger partial charge in [0.25, 0.3) is 0 Å². The third-order valence-electron chi connectivity index (χ3n) is 4.49. The van der Waals surface area contributed by atoms with Gasteiger partial charge in [-0.15, -0.1) is 0 Å². The number of hydrogen-bond acceptors (Lipinski definition) is 3. The molecule has 3 rings (SSSR count). The lowest BCUT2D eigenvalue weighted by atomic mass is 9.97. The Bertz CT molecular complexity index is 923. The maximum atomic E-state index is 13.7. The number of para-hydroxylation sites is 1. The number of rotatable bonds is 4. The summed E-state index contributed by atoms with van der Waals surface area (Å²) in [7, 11) is -3.68. The van der Waals surface area contributed by atoms with Gasteiger partial charge in [-0.25, -0.2) is 17.2 Å². The molecule has 1 aliphatic heterocycles. The van der Waals surface area contributed by atoms with E-state index in [4.69, 9.17) is 11.6 Å². The molecule has 0 unspecified atom stereocenters. The molecule has 1 fully saturated rings. The Balaban J connectivity index is 1.64. The lowest BCUT2D eigenvalue weighted by Crippen LogP contribution is -2.41. The van der Waals surface area contributed by atoms with Crippen LogP contribution in [0.1, 0.15) is 12.8 Å². The zero-order valence-corrected chi connectivity index (χ0v) is 15.7. The maximum Gasteiger partial charge on any atom is 0.243 e. The molecule has 2 aromatic carbocycles. The molecule has 0 aromatic heterocycles. The molecule has 1 heterocycles. The molecule has 0 radical (unpaired) electrons. The van der Waals surface area contributed by atoms with Crippen LogP contribution in [0.4, 0.5) is 14.5 Å². The molecular formula is C18H17ClF2N2O3S. The minimum atomic E-state index is -3.68. The molecule has 0 aliphatic carbocycles. The molecule has 1 amide bonds. The number of sulfonamides is 1. The van der Waals surface area contributed by atoms with Crippen molar-refractivity contribution in [2.75, 3.05) is 18.4 Å². The van der Waals surface area contributed by atoms with Crippen molar-refractivity contribution in [3.8, 4) is 0 Å². The zero-order chi connectivity index (χ0) is 19.6. The van der Waals surface area contributed by atoms with Crippen LogP contribution in [-0.2, 0) is 14.8 Å². The summed E-state index contributed by atoms with van der Waals surface area (Å²) in [5.74, 6) is -2.76. The second kappa shape index (κ2) is 7.92. The van der Waals surface area contributed by atoms with Crippen molar-refractivity contribution in [2.24, 2.45) is 5.92 Å². The van der Waals surface area contributed by atoms with E-state index < -0.39 is 39.2 Å². The average molecular weight is 415 g/mol. The molecule has 0 bridgehead atoms. The van der Waals surface area contributed by atoms with Gasteiger partial charge in [0, 0.05) is 24.0 Å². The van der Waals surface area contributed by atoms with Gasteiger partial charge >= 0.3 is 0 Å². The van der Waals surface area contributed by atoms with E-state index in [1.807, 2.05) is 0 Å². The first kappa shape index (κ1) is 19.7. The molecule has 0 saturated carbocycles. The van der Waals surface area contributed by atoms with E-state index >= 15 is 0 Å². The van der Waals surface area contributed by atoms with Crippen LogP contribution < -0.4 is 5.32 Å². The molecule has 1 N–H and O–H groups in total. The van der Waals surface area contributed by atoms with Crippen LogP contribution in [0.5, 0.6) is 0 Å². The SMILES string of the molecule is O=C(Nc1c(F)cccc1F)C1CCN(S(=O)(=O)c2ccc(Cl)cc2)CC1. The lowest BCUT2D eigenvalue weighted by molar-refractivity contribution is -0.121. The topological polar surface area (TPSA) is 66.5 Å². The van der Waals surface area contributed by atoms with E-state index in [1.54, 1.807) is 0 Å². The van der Waals surface area contributed by atoms with Crippen molar-refractivity contribution in [2.45, 2.75) is 17.7 Å². The monoisotopic (exact) mass is 414 g/mol.